The smallest absolute Gasteiger partial charge is 0.232 e. The van der Waals surface area contributed by atoms with Gasteiger partial charge in [0.1, 0.15) is 0 Å². The van der Waals surface area contributed by atoms with E-state index in [0.717, 1.165) is 21.8 Å². The third kappa shape index (κ3) is 4.67. The minimum Gasteiger partial charge on any atom is -0.232 e. The molecule has 102 valence electrons. The van der Waals surface area contributed by atoms with E-state index >= 15 is 0 Å². The molecule has 2 aromatic rings. The molecule has 0 bridgehead atoms. The van der Waals surface area contributed by atoms with Crippen molar-refractivity contribution in [2.75, 3.05) is 16.9 Å². The van der Waals surface area contributed by atoms with Crippen LogP contribution in [-0.4, -0.2) is 30.2 Å². The van der Waals surface area contributed by atoms with Gasteiger partial charge in [-0.15, -0.1) is 0 Å². The summed E-state index contributed by atoms with van der Waals surface area (Å²) in [7, 11) is 0. The minimum atomic E-state index is 0.524. The fourth-order valence-corrected chi connectivity index (χ4v) is 3.39. The van der Waals surface area contributed by atoms with E-state index in [9.17, 15) is 0 Å². The second kappa shape index (κ2) is 7.72. The molecule has 2 heterocycles. The molecule has 0 unspecified atom stereocenters. The number of nitrogens with one attached hydrogen (secondary N) is 1. The maximum absolute atomic E-state index is 4.23. The van der Waals surface area contributed by atoms with Gasteiger partial charge in [-0.2, -0.15) is 18.7 Å². The lowest BCUT2D eigenvalue weighted by molar-refractivity contribution is 1.02. The Hall–Kier alpha value is -0.780. The van der Waals surface area contributed by atoms with Crippen molar-refractivity contribution in [3.05, 3.63) is 0 Å². The SMILES string of the molecule is CCSc1nsc(N=NNc2nc(SCC)ns2)n1. The highest BCUT2D eigenvalue weighted by atomic mass is 32.2. The number of hydrogen-bond donors (Lipinski definition) is 1. The van der Waals surface area contributed by atoms with E-state index in [0.29, 0.717) is 10.3 Å². The van der Waals surface area contributed by atoms with E-state index in [2.05, 4.69) is 48.3 Å². The van der Waals surface area contributed by atoms with E-state index in [1.165, 1.54) is 23.1 Å². The molecule has 0 amide bonds. The summed E-state index contributed by atoms with van der Waals surface area (Å²) in [6.45, 7) is 4.11. The molecule has 0 fully saturated rings. The van der Waals surface area contributed by atoms with Crippen LogP contribution < -0.4 is 5.43 Å². The molecular formula is C8H11N7S4. The molecule has 0 saturated carbocycles. The monoisotopic (exact) mass is 333 g/mol. The van der Waals surface area contributed by atoms with E-state index in [1.807, 2.05) is 0 Å². The number of rotatable bonds is 7. The summed E-state index contributed by atoms with van der Waals surface area (Å²) in [5, 5.41) is 10.4. The first-order valence-corrected chi connectivity index (χ1v) is 8.93. The lowest BCUT2D eigenvalue weighted by Crippen LogP contribution is -1.84. The van der Waals surface area contributed by atoms with Crippen molar-refractivity contribution in [3.63, 3.8) is 0 Å². The number of aromatic nitrogens is 4. The van der Waals surface area contributed by atoms with Crippen LogP contribution in [0.5, 0.6) is 0 Å². The molecular weight excluding hydrogens is 322 g/mol. The number of nitrogens with zero attached hydrogens (tertiary/aromatic N) is 6. The maximum atomic E-state index is 4.23. The average molecular weight is 333 g/mol. The minimum absolute atomic E-state index is 0.524. The quantitative estimate of drug-likeness (QED) is 0.469. The Bertz CT molecular complexity index is 537. The zero-order valence-corrected chi connectivity index (χ0v) is 13.5. The van der Waals surface area contributed by atoms with Crippen LogP contribution in [0.4, 0.5) is 10.3 Å². The first-order chi connectivity index (χ1) is 9.31. The third-order valence-corrected chi connectivity index (χ3v) is 4.54. The zero-order valence-electron chi connectivity index (χ0n) is 10.2. The van der Waals surface area contributed by atoms with Gasteiger partial charge in [-0.3, -0.25) is 0 Å². The van der Waals surface area contributed by atoms with Crippen molar-refractivity contribution in [2.24, 2.45) is 10.3 Å². The highest BCUT2D eigenvalue weighted by Crippen LogP contribution is 2.23. The van der Waals surface area contributed by atoms with Gasteiger partial charge in [0.15, 0.2) is 0 Å². The molecule has 0 aliphatic heterocycles. The second-order valence-electron chi connectivity index (χ2n) is 2.92. The van der Waals surface area contributed by atoms with Gasteiger partial charge in [-0.1, -0.05) is 47.7 Å². The molecule has 0 radical (unpaired) electrons. The van der Waals surface area contributed by atoms with Crippen LogP contribution in [0.3, 0.4) is 0 Å². The van der Waals surface area contributed by atoms with Crippen molar-refractivity contribution in [1.82, 2.24) is 18.7 Å². The summed E-state index contributed by atoms with van der Waals surface area (Å²) in [5.74, 6) is 1.88. The molecule has 2 rings (SSSR count). The molecule has 0 spiro atoms. The largest absolute Gasteiger partial charge is 0.251 e. The van der Waals surface area contributed by atoms with Gasteiger partial charge in [0.25, 0.3) is 5.13 Å². The van der Waals surface area contributed by atoms with E-state index in [4.69, 9.17) is 0 Å². The molecule has 7 nitrogen and oxygen atoms in total. The zero-order chi connectivity index (χ0) is 13.5. The standard InChI is InChI=1S/C8H11N7S4/c1-3-16-7-9-5(18-13-7)11-15-12-6-10-8(14-19-6)17-4-2/h3-4H2,1-2H3,(H,9,10,11,12,13,14). The van der Waals surface area contributed by atoms with Crippen molar-refractivity contribution in [2.45, 2.75) is 24.2 Å². The van der Waals surface area contributed by atoms with Crippen molar-refractivity contribution < 1.29 is 0 Å². The Morgan fingerprint density at radius 1 is 1.05 bits per heavy atom. The molecule has 0 saturated heterocycles. The van der Waals surface area contributed by atoms with Crippen LogP contribution in [-0.2, 0) is 0 Å². The second-order valence-corrected chi connectivity index (χ2v) is 6.86. The van der Waals surface area contributed by atoms with Crippen LogP contribution in [0, 0.1) is 0 Å². The molecule has 0 aliphatic carbocycles. The Morgan fingerprint density at radius 2 is 1.74 bits per heavy atom. The Balaban J connectivity index is 1.87. The van der Waals surface area contributed by atoms with Crippen molar-refractivity contribution in [1.29, 1.82) is 0 Å². The van der Waals surface area contributed by atoms with Crippen LogP contribution >= 0.6 is 46.6 Å². The highest BCUT2D eigenvalue weighted by Gasteiger charge is 2.04. The predicted octanol–water partition coefficient (Wildman–Crippen LogP) is 3.72. The molecule has 0 atom stereocenters. The highest BCUT2D eigenvalue weighted by molar-refractivity contribution is 7.99. The summed E-state index contributed by atoms with van der Waals surface area (Å²) >= 11 is 5.64. The Kier molecular flexibility index (Phi) is 5.94. The van der Waals surface area contributed by atoms with Gasteiger partial charge in [0.2, 0.25) is 15.4 Å². The van der Waals surface area contributed by atoms with Gasteiger partial charge in [-0.25, -0.2) is 5.43 Å². The molecule has 0 aromatic carbocycles. The molecule has 0 aliphatic rings. The number of anilines is 1. The fraction of sp³-hybridized carbons (Fsp3) is 0.500. The first-order valence-electron chi connectivity index (χ1n) is 5.41. The van der Waals surface area contributed by atoms with Crippen LogP contribution in [0.2, 0.25) is 0 Å². The summed E-state index contributed by atoms with van der Waals surface area (Å²) in [4.78, 5) is 8.43. The molecule has 1 N–H and O–H groups in total. The fourth-order valence-electron chi connectivity index (χ4n) is 0.985. The number of thioether (sulfide) groups is 2. The third-order valence-electron chi connectivity index (χ3n) is 1.63. The van der Waals surface area contributed by atoms with Crippen LogP contribution in [0.25, 0.3) is 0 Å². The normalized spacial score (nSPS) is 11.3. The van der Waals surface area contributed by atoms with Crippen LogP contribution in [0.1, 0.15) is 13.8 Å². The van der Waals surface area contributed by atoms with Gasteiger partial charge in [0, 0.05) is 23.1 Å². The van der Waals surface area contributed by atoms with Gasteiger partial charge < -0.3 is 0 Å². The van der Waals surface area contributed by atoms with E-state index in [1.54, 1.807) is 23.5 Å². The topological polar surface area (TPSA) is 88.3 Å². The van der Waals surface area contributed by atoms with Gasteiger partial charge in [-0.05, 0) is 11.5 Å². The molecule has 2 aromatic heterocycles. The van der Waals surface area contributed by atoms with E-state index in [-0.39, 0.29) is 0 Å². The van der Waals surface area contributed by atoms with E-state index < -0.39 is 0 Å². The van der Waals surface area contributed by atoms with Gasteiger partial charge in [0.05, 0.1) is 0 Å². The Morgan fingerprint density at radius 3 is 2.47 bits per heavy atom. The first kappa shape index (κ1) is 14.6. The number of hydrogen-bond acceptors (Lipinski definition) is 10. The lowest BCUT2D eigenvalue weighted by atomic mass is 11.0. The van der Waals surface area contributed by atoms with Crippen molar-refractivity contribution in [3.8, 4) is 0 Å². The summed E-state index contributed by atoms with van der Waals surface area (Å²) < 4.78 is 8.30. The molecule has 11 heteroatoms. The Labute approximate surface area is 127 Å². The summed E-state index contributed by atoms with van der Waals surface area (Å²) in [6.07, 6.45) is 0. The predicted molar refractivity (Wildman–Crippen MR) is 80.8 cm³/mol. The van der Waals surface area contributed by atoms with Crippen LogP contribution in [0.15, 0.2) is 20.7 Å². The van der Waals surface area contributed by atoms with Crippen molar-refractivity contribution >= 4 is 56.9 Å². The maximum Gasteiger partial charge on any atom is 0.251 e. The molecule has 19 heavy (non-hydrogen) atoms. The summed E-state index contributed by atoms with van der Waals surface area (Å²) in [5.41, 5.74) is 2.74. The lowest BCUT2D eigenvalue weighted by Gasteiger charge is -1.88. The average Bonchev–Trinajstić information content (AvgIpc) is 3.01. The summed E-state index contributed by atoms with van der Waals surface area (Å²) in [6, 6.07) is 0. The van der Waals surface area contributed by atoms with Gasteiger partial charge >= 0.3 is 0 Å².